The van der Waals surface area contributed by atoms with Gasteiger partial charge in [0.15, 0.2) is 11.5 Å². The van der Waals surface area contributed by atoms with Crippen LogP contribution in [0.25, 0.3) is 17.0 Å². The van der Waals surface area contributed by atoms with Crippen molar-refractivity contribution in [3.63, 3.8) is 0 Å². The minimum Gasteiger partial charge on any atom is -0.381 e. The monoisotopic (exact) mass is 370 g/mol. The first-order valence-electron chi connectivity index (χ1n) is 9.05. The van der Waals surface area contributed by atoms with E-state index in [0.29, 0.717) is 22.9 Å². The van der Waals surface area contributed by atoms with Gasteiger partial charge < -0.3 is 15.0 Å². The van der Waals surface area contributed by atoms with Gasteiger partial charge in [0.1, 0.15) is 11.6 Å². The average molecular weight is 370 g/mol. The molecule has 0 aliphatic carbocycles. The Morgan fingerprint density at radius 2 is 1.93 bits per heavy atom. The highest BCUT2D eigenvalue weighted by Crippen LogP contribution is 2.26. The number of aromatic nitrogens is 4. The molecule has 2 aromatic heterocycles. The zero-order valence-corrected chi connectivity index (χ0v) is 15.5. The van der Waals surface area contributed by atoms with Gasteiger partial charge in [-0.05, 0) is 51.2 Å². The van der Waals surface area contributed by atoms with Gasteiger partial charge in [0.05, 0.1) is 5.56 Å². The Morgan fingerprint density at radius 1 is 1.15 bits per heavy atom. The van der Waals surface area contributed by atoms with E-state index in [2.05, 4.69) is 39.6 Å². The van der Waals surface area contributed by atoms with Crippen molar-refractivity contribution in [2.24, 2.45) is 0 Å². The van der Waals surface area contributed by atoms with Crippen LogP contribution in [-0.2, 0) is 4.74 Å². The van der Waals surface area contributed by atoms with Gasteiger partial charge in [0.25, 0.3) is 0 Å². The van der Waals surface area contributed by atoms with Crippen LogP contribution in [0.2, 0.25) is 0 Å². The molecule has 7 nitrogen and oxygen atoms in total. The van der Waals surface area contributed by atoms with E-state index in [1.165, 1.54) is 6.07 Å². The van der Waals surface area contributed by atoms with E-state index in [1.54, 1.807) is 22.7 Å². The Hall–Kier alpha value is -2.58. The molecular formula is C19H23FN6O. The van der Waals surface area contributed by atoms with Crippen molar-refractivity contribution in [3.05, 3.63) is 42.2 Å². The Kier molecular flexibility index (Phi) is 4.75. The number of anilines is 1. The first-order chi connectivity index (χ1) is 13.1. The lowest BCUT2D eigenvalue weighted by Gasteiger charge is -2.43. The normalized spacial score (nSPS) is 16.7. The maximum Gasteiger partial charge on any atom is 0.188 e. The highest BCUT2D eigenvalue weighted by molar-refractivity contribution is 5.60. The van der Waals surface area contributed by atoms with Gasteiger partial charge in [0.2, 0.25) is 0 Å². The quantitative estimate of drug-likeness (QED) is 0.744. The number of benzene rings is 1. The zero-order chi connectivity index (χ0) is 18.9. The number of likely N-dealkylation sites (N-methyl/N-ethyl adjacent to an activating group) is 1. The number of ether oxygens (including phenoxy) is 1. The Morgan fingerprint density at radius 3 is 2.67 bits per heavy atom. The largest absolute Gasteiger partial charge is 0.381 e. The van der Waals surface area contributed by atoms with E-state index in [0.717, 1.165) is 32.6 Å². The summed E-state index contributed by atoms with van der Waals surface area (Å²) in [5, 5.41) is 16.2. The van der Waals surface area contributed by atoms with Gasteiger partial charge >= 0.3 is 0 Å². The fourth-order valence-electron chi connectivity index (χ4n) is 3.48. The second kappa shape index (κ2) is 7.21. The summed E-state index contributed by atoms with van der Waals surface area (Å²) in [6.07, 6.45) is 1.92. The molecule has 3 aromatic rings. The summed E-state index contributed by atoms with van der Waals surface area (Å²) < 4.78 is 21.3. The molecule has 0 unspecified atom stereocenters. The maximum absolute atomic E-state index is 14.2. The molecule has 1 aliphatic rings. The maximum atomic E-state index is 14.2. The van der Waals surface area contributed by atoms with Crippen LogP contribution in [0.1, 0.15) is 12.8 Å². The molecule has 0 radical (unpaired) electrons. The second-order valence-electron chi connectivity index (χ2n) is 7.08. The van der Waals surface area contributed by atoms with Crippen LogP contribution in [0.3, 0.4) is 0 Å². The highest BCUT2D eigenvalue weighted by Gasteiger charge is 2.34. The van der Waals surface area contributed by atoms with Crippen LogP contribution in [0, 0.1) is 5.82 Å². The van der Waals surface area contributed by atoms with E-state index < -0.39 is 0 Å². The minimum absolute atomic E-state index is 0.0242. The van der Waals surface area contributed by atoms with E-state index in [9.17, 15) is 4.39 Å². The second-order valence-corrected chi connectivity index (χ2v) is 7.08. The molecule has 1 fully saturated rings. The van der Waals surface area contributed by atoms with Crippen LogP contribution < -0.4 is 5.32 Å². The highest BCUT2D eigenvalue weighted by atomic mass is 19.1. The molecule has 0 saturated carbocycles. The van der Waals surface area contributed by atoms with Crippen LogP contribution in [0.4, 0.5) is 10.2 Å². The Balaban J connectivity index is 1.62. The third kappa shape index (κ3) is 3.38. The first-order valence-corrected chi connectivity index (χ1v) is 9.05. The topological polar surface area (TPSA) is 67.6 Å². The fraction of sp³-hybridized carbons (Fsp3) is 0.421. The Bertz CT molecular complexity index is 935. The summed E-state index contributed by atoms with van der Waals surface area (Å²) in [4.78, 5) is 2.25. The van der Waals surface area contributed by atoms with Gasteiger partial charge in [0, 0.05) is 25.3 Å². The predicted octanol–water partition coefficient (Wildman–Crippen LogP) is 2.45. The third-order valence-electron chi connectivity index (χ3n) is 5.35. The van der Waals surface area contributed by atoms with Crippen LogP contribution >= 0.6 is 0 Å². The van der Waals surface area contributed by atoms with Gasteiger partial charge in [-0.3, -0.25) is 0 Å². The molecule has 0 atom stereocenters. The summed E-state index contributed by atoms with van der Waals surface area (Å²) in [5.41, 5.74) is 0.979. The van der Waals surface area contributed by atoms with Crippen molar-refractivity contribution in [2.75, 3.05) is 39.2 Å². The lowest BCUT2D eigenvalue weighted by molar-refractivity contribution is -0.000672. The fourth-order valence-corrected chi connectivity index (χ4v) is 3.48. The SMILES string of the molecule is CN(C)C1(CNc2ccc3nnc(-c4ccccc4F)n3n2)CCOCC1. The lowest BCUT2D eigenvalue weighted by atomic mass is 9.88. The molecule has 1 aliphatic heterocycles. The molecule has 1 saturated heterocycles. The summed E-state index contributed by atoms with van der Waals surface area (Å²) in [7, 11) is 4.19. The summed E-state index contributed by atoms with van der Waals surface area (Å²) in [6, 6.07) is 10.2. The number of hydrogen-bond donors (Lipinski definition) is 1. The van der Waals surface area contributed by atoms with Gasteiger partial charge in [-0.1, -0.05) is 12.1 Å². The molecular weight excluding hydrogens is 347 g/mol. The molecule has 0 bridgehead atoms. The van der Waals surface area contributed by atoms with E-state index in [4.69, 9.17) is 4.74 Å². The molecule has 4 rings (SSSR count). The van der Waals surface area contributed by atoms with Crippen LogP contribution in [-0.4, -0.2) is 64.1 Å². The van der Waals surface area contributed by atoms with Crippen molar-refractivity contribution in [1.29, 1.82) is 0 Å². The minimum atomic E-state index is -0.347. The molecule has 3 heterocycles. The summed E-state index contributed by atoms with van der Waals surface area (Å²) in [5.74, 6) is 0.744. The number of halogens is 1. The molecule has 0 amide bonds. The van der Waals surface area contributed by atoms with Gasteiger partial charge in [-0.25, -0.2) is 4.39 Å². The van der Waals surface area contributed by atoms with Crippen molar-refractivity contribution in [3.8, 4) is 11.4 Å². The molecule has 8 heteroatoms. The first kappa shape index (κ1) is 17.8. The Labute approximate surface area is 157 Å². The lowest BCUT2D eigenvalue weighted by Crippen LogP contribution is -2.53. The number of hydrogen-bond acceptors (Lipinski definition) is 6. The predicted molar refractivity (Wildman–Crippen MR) is 101 cm³/mol. The molecule has 27 heavy (non-hydrogen) atoms. The summed E-state index contributed by atoms with van der Waals surface area (Å²) >= 11 is 0. The van der Waals surface area contributed by atoms with Crippen molar-refractivity contribution < 1.29 is 9.13 Å². The number of nitrogens with one attached hydrogen (secondary N) is 1. The number of nitrogens with zero attached hydrogens (tertiary/aromatic N) is 5. The molecule has 0 spiro atoms. The standard InChI is InChI=1S/C19H23FN6O/c1-25(2)19(9-11-27-12-10-19)13-21-16-7-8-17-22-23-18(26(17)24-16)14-5-3-4-6-15(14)20/h3-8H,9-13H2,1-2H3,(H,21,24). The molecule has 1 N–H and O–H groups in total. The van der Waals surface area contributed by atoms with Crippen molar-refractivity contribution >= 4 is 11.5 Å². The average Bonchev–Trinajstić information content (AvgIpc) is 3.10. The van der Waals surface area contributed by atoms with Gasteiger partial charge in [-0.2, -0.15) is 4.52 Å². The third-order valence-corrected chi connectivity index (χ3v) is 5.35. The van der Waals surface area contributed by atoms with Crippen LogP contribution in [0.15, 0.2) is 36.4 Å². The van der Waals surface area contributed by atoms with Crippen molar-refractivity contribution in [1.82, 2.24) is 24.7 Å². The van der Waals surface area contributed by atoms with E-state index >= 15 is 0 Å². The smallest absolute Gasteiger partial charge is 0.188 e. The number of fused-ring (bicyclic) bond motifs is 1. The molecule has 1 aromatic carbocycles. The number of rotatable bonds is 5. The van der Waals surface area contributed by atoms with Crippen LogP contribution in [0.5, 0.6) is 0 Å². The van der Waals surface area contributed by atoms with Crippen molar-refractivity contribution in [2.45, 2.75) is 18.4 Å². The summed E-state index contributed by atoms with van der Waals surface area (Å²) in [6.45, 7) is 2.27. The van der Waals surface area contributed by atoms with Gasteiger partial charge in [-0.15, -0.1) is 15.3 Å². The molecule has 142 valence electrons. The zero-order valence-electron chi connectivity index (χ0n) is 15.5. The van der Waals surface area contributed by atoms with E-state index in [-0.39, 0.29) is 11.4 Å². The van der Waals surface area contributed by atoms with E-state index in [1.807, 2.05) is 12.1 Å².